The molecule has 1 amide bonds. The summed E-state index contributed by atoms with van der Waals surface area (Å²) < 4.78 is 1.41. The van der Waals surface area contributed by atoms with Crippen molar-refractivity contribution >= 4 is 17.4 Å². The first-order valence-electron chi connectivity index (χ1n) is 10.3. The van der Waals surface area contributed by atoms with Gasteiger partial charge >= 0.3 is 0 Å². The second-order valence-electron chi connectivity index (χ2n) is 7.71. The third kappa shape index (κ3) is 4.57. The molecule has 0 bridgehead atoms. The number of carbonyl (C=O) groups is 1. The second-order valence-corrected chi connectivity index (χ2v) is 7.71. The number of rotatable bonds is 6. The highest BCUT2D eigenvalue weighted by atomic mass is 16.6. The van der Waals surface area contributed by atoms with Gasteiger partial charge in [0.1, 0.15) is 5.82 Å². The molecule has 0 aliphatic carbocycles. The molecule has 11 heteroatoms. The van der Waals surface area contributed by atoms with Gasteiger partial charge in [-0.15, -0.1) is 5.10 Å². The Bertz CT molecular complexity index is 1120. The zero-order valence-corrected chi connectivity index (χ0v) is 17.9. The summed E-state index contributed by atoms with van der Waals surface area (Å²) in [6.45, 7) is 5.90. The predicted molar refractivity (Wildman–Crippen MR) is 118 cm³/mol. The van der Waals surface area contributed by atoms with E-state index in [0.29, 0.717) is 17.9 Å². The van der Waals surface area contributed by atoms with Crippen LogP contribution in [0.3, 0.4) is 0 Å². The average Bonchev–Trinajstić information content (AvgIpc) is 3.20. The molecule has 0 unspecified atom stereocenters. The number of hydrogen-bond donors (Lipinski definition) is 1. The van der Waals surface area contributed by atoms with E-state index in [9.17, 15) is 14.9 Å². The number of pyridine rings is 1. The Morgan fingerprint density at radius 3 is 2.66 bits per heavy atom. The van der Waals surface area contributed by atoms with E-state index >= 15 is 0 Å². The Morgan fingerprint density at radius 1 is 1.19 bits per heavy atom. The quantitative estimate of drug-likeness (QED) is 0.456. The van der Waals surface area contributed by atoms with E-state index in [0.717, 1.165) is 37.6 Å². The summed E-state index contributed by atoms with van der Waals surface area (Å²) in [6, 6.07) is 9.94. The summed E-state index contributed by atoms with van der Waals surface area (Å²) in [5, 5.41) is 21.8. The molecule has 0 atom stereocenters. The Hall–Kier alpha value is -3.86. The van der Waals surface area contributed by atoms with Gasteiger partial charge in [0.05, 0.1) is 16.3 Å². The molecule has 1 N–H and O–H groups in total. The molecule has 11 nitrogen and oxygen atoms in total. The summed E-state index contributed by atoms with van der Waals surface area (Å²) in [4.78, 5) is 32.2. The topological polar surface area (TPSA) is 122 Å². The van der Waals surface area contributed by atoms with Crippen LogP contribution >= 0.6 is 0 Å². The number of carbonyl (C=O) groups excluding carboxylic acids is 1. The molecule has 2 aromatic heterocycles. The minimum atomic E-state index is -0.480. The van der Waals surface area contributed by atoms with Crippen molar-refractivity contribution in [1.82, 2.24) is 30.2 Å². The first-order chi connectivity index (χ1) is 15.4. The molecule has 1 aliphatic heterocycles. The molecule has 1 aliphatic rings. The molecule has 3 heterocycles. The number of nitro benzene ring substituents is 1. The third-order valence-corrected chi connectivity index (χ3v) is 5.48. The standard InChI is InChI=1S/C21H24N8O3/c1-15-20(24-25-28(15)17-4-3-5-18(12-17)29(31)32)21(30)23-14-16-6-7-19(22-13-16)27-10-8-26(2)9-11-27/h3-7,12-13H,8-11,14H2,1-2H3,(H,23,30). The zero-order chi connectivity index (χ0) is 22.7. The zero-order valence-electron chi connectivity index (χ0n) is 17.9. The number of nitro groups is 1. The van der Waals surface area contributed by atoms with Gasteiger partial charge in [0, 0.05) is 51.1 Å². The summed E-state index contributed by atoms with van der Waals surface area (Å²) in [6.07, 6.45) is 1.76. The molecular formula is C21H24N8O3. The number of aromatic nitrogens is 4. The maximum atomic E-state index is 12.6. The van der Waals surface area contributed by atoms with E-state index in [2.05, 4.69) is 37.5 Å². The monoisotopic (exact) mass is 436 g/mol. The fraction of sp³-hybridized carbons (Fsp3) is 0.333. The highest BCUT2D eigenvalue weighted by molar-refractivity contribution is 5.93. The Kier molecular flexibility index (Phi) is 6.08. The fourth-order valence-corrected chi connectivity index (χ4v) is 3.53. The second kappa shape index (κ2) is 9.10. The van der Waals surface area contributed by atoms with Gasteiger partial charge in [-0.2, -0.15) is 0 Å². The smallest absolute Gasteiger partial charge is 0.274 e. The van der Waals surface area contributed by atoms with Crippen LogP contribution in [0.15, 0.2) is 42.6 Å². The van der Waals surface area contributed by atoms with Gasteiger partial charge in [-0.1, -0.05) is 17.3 Å². The Morgan fingerprint density at radius 2 is 1.97 bits per heavy atom. The van der Waals surface area contributed by atoms with Crippen molar-refractivity contribution in [3.63, 3.8) is 0 Å². The lowest BCUT2D eigenvalue weighted by atomic mass is 10.2. The van der Waals surface area contributed by atoms with Crippen LogP contribution < -0.4 is 10.2 Å². The van der Waals surface area contributed by atoms with Crippen molar-refractivity contribution in [2.24, 2.45) is 0 Å². The van der Waals surface area contributed by atoms with Crippen molar-refractivity contribution in [3.8, 4) is 5.69 Å². The fourth-order valence-electron chi connectivity index (χ4n) is 3.53. The predicted octanol–water partition coefficient (Wildman–Crippen LogP) is 1.56. The van der Waals surface area contributed by atoms with E-state index in [1.165, 1.54) is 16.8 Å². The molecule has 166 valence electrons. The van der Waals surface area contributed by atoms with Gasteiger partial charge in [-0.3, -0.25) is 14.9 Å². The molecular weight excluding hydrogens is 412 g/mol. The Labute approximate surface area is 184 Å². The molecule has 1 fully saturated rings. The maximum absolute atomic E-state index is 12.6. The first-order valence-corrected chi connectivity index (χ1v) is 10.3. The molecule has 0 saturated carbocycles. The molecule has 1 saturated heterocycles. The summed E-state index contributed by atoms with van der Waals surface area (Å²) in [5.74, 6) is 0.561. The number of amides is 1. The van der Waals surface area contributed by atoms with Gasteiger partial charge in [0.15, 0.2) is 5.69 Å². The first kappa shape index (κ1) is 21.4. The number of anilines is 1. The molecule has 1 aromatic carbocycles. The molecule has 3 aromatic rings. The van der Waals surface area contributed by atoms with Crippen molar-refractivity contribution in [2.75, 3.05) is 38.1 Å². The summed E-state index contributed by atoms with van der Waals surface area (Å²) >= 11 is 0. The van der Waals surface area contributed by atoms with Crippen LogP contribution in [0.4, 0.5) is 11.5 Å². The molecule has 0 spiro atoms. The van der Waals surface area contributed by atoms with E-state index < -0.39 is 4.92 Å². The number of hydrogen-bond acceptors (Lipinski definition) is 8. The highest BCUT2D eigenvalue weighted by Crippen LogP contribution is 2.18. The lowest BCUT2D eigenvalue weighted by Crippen LogP contribution is -2.44. The maximum Gasteiger partial charge on any atom is 0.274 e. The normalized spacial score (nSPS) is 14.4. The van der Waals surface area contributed by atoms with Crippen LogP contribution in [0.25, 0.3) is 5.69 Å². The van der Waals surface area contributed by atoms with Crippen LogP contribution in [0, 0.1) is 17.0 Å². The minimum absolute atomic E-state index is 0.0593. The van der Waals surface area contributed by atoms with Crippen LogP contribution in [0.5, 0.6) is 0 Å². The van der Waals surface area contributed by atoms with Crippen molar-refractivity contribution < 1.29 is 9.72 Å². The lowest BCUT2D eigenvalue weighted by molar-refractivity contribution is -0.384. The van der Waals surface area contributed by atoms with E-state index in [-0.39, 0.29) is 17.3 Å². The highest BCUT2D eigenvalue weighted by Gasteiger charge is 2.19. The number of benzene rings is 1. The summed E-state index contributed by atoms with van der Waals surface area (Å²) in [7, 11) is 2.11. The molecule has 4 rings (SSSR count). The van der Waals surface area contributed by atoms with Crippen LogP contribution in [0.1, 0.15) is 21.7 Å². The van der Waals surface area contributed by atoms with Gasteiger partial charge in [0.25, 0.3) is 11.6 Å². The molecule has 32 heavy (non-hydrogen) atoms. The van der Waals surface area contributed by atoms with Crippen LogP contribution in [0.2, 0.25) is 0 Å². The van der Waals surface area contributed by atoms with E-state index in [1.807, 2.05) is 12.1 Å². The van der Waals surface area contributed by atoms with Gasteiger partial charge in [-0.25, -0.2) is 9.67 Å². The van der Waals surface area contributed by atoms with Crippen molar-refractivity contribution in [3.05, 3.63) is 69.7 Å². The average molecular weight is 436 g/mol. The number of nitrogens with zero attached hydrogens (tertiary/aromatic N) is 7. The van der Waals surface area contributed by atoms with Gasteiger partial charge in [0.2, 0.25) is 0 Å². The van der Waals surface area contributed by atoms with Crippen LogP contribution in [-0.2, 0) is 6.54 Å². The van der Waals surface area contributed by atoms with Crippen molar-refractivity contribution in [2.45, 2.75) is 13.5 Å². The van der Waals surface area contributed by atoms with Gasteiger partial charge in [-0.05, 0) is 31.7 Å². The number of nitrogens with one attached hydrogen (secondary N) is 1. The number of non-ortho nitro benzene ring substituents is 1. The Balaban J connectivity index is 1.39. The largest absolute Gasteiger partial charge is 0.354 e. The SMILES string of the molecule is Cc1c(C(=O)NCc2ccc(N3CCN(C)CC3)nc2)nnn1-c1cccc([N+](=O)[O-])c1. The lowest BCUT2D eigenvalue weighted by Gasteiger charge is -2.33. The summed E-state index contributed by atoms with van der Waals surface area (Å²) in [5.41, 5.74) is 1.94. The van der Waals surface area contributed by atoms with Crippen LogP contribution in [-0.4, -0.2) is 68.9 Å². The third-order valence-electron chi connectivity index (χ3n) is 5.48. The van der Waals surface area contributed by atoms with Gasteiger partial charge < -0.3 is 15.1 Å². The number of likely N-dealkylation sites (N-methyl/N-ethyl adjacent to an activating group) is 1. The van der Waals surface area contributed by atoms with Crippen molar-refractivity contribution in [1.29, 1.82) is 0 Å². The number of piperazine rings is 1. The van der Waals surface area contributed by atoms with E-state index in [1.54, 1.807) is 25.3 Å². The minimum Gasteiger partial charge on any atom is -0.354 e. The van der Waals surface area contributed by atoms with E-state index in [4.69, 9.17) is 0 Å². The molecule has 0 radical (unpaired) electrons.